The van der Waals surface area contributed by atoms with Crippen molar-refractivity contribution < 1.29 is 9.84 Å². The summed E-state index contributed by atoms with van der Waals surface area (Å²) in [6, 6.07) is 0.390. The van der Waals surface area contributed by atoms with Crippen LogP contribution in [-0.2, 0) is 4.74 Å². The van der Waals surface area contributed by atoms with Crippen molar-refractivity contribution in [3.05, 3.63) is 0 Å². The number of rotatable bonds is 1. The fraction of sp³-hybridized carbons (Fsp3) is 1.00. The lowest BCUT2D eigenvalue weighted by Gasteiger charge is -2.57. The van der Waals surface area contributed by atoms with E-state index in [9.17, 15) is 5.11 Å². The molecule has 0 amide bonds. The first-order chi connectivity index (χ1) is 5.78. The maximum atomic E-state index is 9.19. The van der Waals surface area contributed by atoms with E-state index < -0.39 is 0 Å². The van der Waals surface area contributed by atoms with Crippen LogP contribution in [0.1, 0.15) is 12.8 Å². The monoisotopic (exact) mass is 171 g/mol. The molecule has 2 heterocycles. The molecule has 0 radical (unpaired) electrons. The molecule has 12 heavy (non-hydrogen) atoms. The van der Waals surface area contributed by atoms with Gasteiger partial charge in [0.25, 0.3) is 0 Å². The highest BCUT2D eigenvalue weighted by molar-refractivity contribution is 5.03. The predicted octanol–water partition coefficient (Wildman–Crippen LogP) is 0.0895. The summed E-state index contributed by atoms with van der Waals surface area (Å²) in [5.74, 6) is 0. The lowest BCUT2D eigenvalue weighted by molar-refractivity contribution is -0.135. The molecule has 2 saturated heterocycles. The maximum absolute atomic E-state index is 9.19. The number of ether oxygens (including phenoxy) is 1. The molecule has 1 spiro atoms. The van der Waals surface area contributed by atoms with Crippen LogP contribution >= 0.6 is 0 Å². The molecule has 0 saturated carbocycles. The molecular weight excluding hydrogens is 154 g/mol. The summed E-state index contributed by atoms with van der Waals surface area (Å²) in [7, 11) is 2.08. The predicted molar refractivity (Wildman–Crippen MR) is 46.0 cm³/mol. The van der Waals surface area contributed by atoms with Gasteiger partial charge in [0.15, 0.2) is 0 Å². The van der Waals surface area contributed by atoms with Gasteiger partial charge in [-0.1, -0.05) is 0 Å². The molecule has 1 unspecified atom stereocenters. The average Bonchev–Trinajstić information content (AvgIpc) is 2.06. The quantitative estimate of drug-likeness (QED) is 0.607. The van der Waals surface area contributed by atoms with Crippen molar-refractivity contribution in [3.8, 4) is 0 Å². The van der Waals surface area contributed by atoms with Crippen LogP contribution in [0.4, 0.5) is 0 Å². The van der Waals surface area contributed by atoms with E-state index in [0.717, 1.165) is 32.6 Å². The molecule has 3 heteroatoms. The van der Waals surface area contributed by atoms with Crippen LogP contribution in [0.5, 0.6) is 0 Å². The fourth-order valence-electron chi connectivity index (χ4n) is 2.67. The molecule has 3 nitrogen and oxygen atoms in total. The minimum atomic E-state index is 0.302. The summed E-state index contributed by atoms with van der Waals surface area (Å²) >= 11 is 0. The minimum absolute atomic E-state index is 0.302. The molecule has 70 valence electrons. The molecule has 0 aromatic heterocycles. The van der Waals surface area contributed by atoms with E-state index in [0.29, 0.717) is 18.1 Å². The van der Waals surface area contributed by atoms with Crippen molar-refractivity contribution in [2.45, 2.75) is 18.9 Å². The standard InChI is InChI=1S/C9H17NO2/c1-10-7-9(8(10)6-11)2-4-12-5-3-9/h8,11H,2-7H2,1H3. The van der Waals surface area contributed by atoms with Crippen molar-refractivity contribution in [2.24, 2.45) is 5.41 Å². The minimum Gasteiger partial charge on any atom is -0.395 e. The van der Waals surface area contributed by atoms with Gasteiger partial charge in [0.1, 0.15) is 0 Å². The van der Waals surface area contributed by atoms with E-state index in [-0.39, 0.29) is 0 Å². The molecule has 0 aromatic carbocycles. The normalized spacial score (nSPS) is 35.0. The van der Waals surface area contributed by atoms with E-state index in [2.05, 4.69) is 11.9 Å². The highest BCUT2D eigenvalue weighted by atomic mass is 16.5. The summed E-state index contributed by atoms with van der Waals surface area (Å²) in [4.78, 5) is 2.24. The number of hydrogen-bond acceptors (Lipinski definition) is 3. The zero-order chi connectivity index (χ0) is 8.60. The maximum Gasteiger partial charge on any atom is 0.0592 e. The molecule has 2 rings (SSSR count). The van der Waals surface area contributed by atoms with E-state index in [1.807, 2.05) is 0 Å². The molecule has 0 aromatic rings. The second kappa shape index (κ2) is 2.98. The Balaban J connectivity index is 2.01. The summed E-state index contributed by atoms with van der Waals surface area (Å²) in [5, 5.41) is 9.19. The first-order valence-electron chi connectivity index (χ1n) is 4.67. The SMILES string of the molecule is CN1CC2(CCOCC2)C1CO. The van der Waals surface area contributed by atoms with Crippen molar-refractivity contribution in [1.29, 1.82) is 0 Å². The van der Waals surface area contributed by atoms with Gasteiger partial charge in [-0.05, 0) is 19.9 Å². The first kappa shape index (κ1) is 8.48. The topological polar surface area (TPSA) is 32.7 Å². The van der Waals surface area contributed by atoms with Gasteiger partial charge in [0, 0.05) is 31.2 Å². The Morgan fingerprint density at radius 3 is 2.67 bits per heavy atom. The Labute approximate surface area is 73.3 Å². The largest absolute Gasteiger partial charge is 0.395 e. The van der Waals surface area contributed by atoms with E-state index in [4.69, 9.17) is 4.74 Å². The number of nitrogens with zero attached hydrogens (tertiary/aromatic N) is 1. The van der Waals surface area contributed by atoms with Gasteiger partial charge >= 0.3 is 0 Å². The van der Waals surface area contributed by atoms with Crippen molar-refractivity contribution in [2.75, 3.05) is 33.4 Å². The van der Waals surface area contributed by atoms with Crippen LogP contribution in [0, 0.1) is 5.41 Å². The van der Waals surface area contributed by atoms with Gasteiger partial charge in [0.2, 0.25) is 0 Å². The Kier molecular flexibility index (Phi) is 2.10. The molecule has 0 bridgehead atoms. The van der Waals surface area contributed by atoms with E-state index >= 15 is 0 Å². The second-order valence-corrected chi connectivity index (χ2v) is 4.09. The number of aliphatic hydroxyl groups is 1. The third-order valence-electron chi connectivity index (χ3n) is 3.46. The average molecular weight is 171 g/mol. The summed E-state index contributed by atoms with van der Waals surface area (Å²) in [6.45, 7) is 3.20. The smallest absolute Gasteiger partial charge is 0.0592 e. The van der Waals surface area contributed by atoms with Crippen molar-refractivity contribution in [3.63, 3.8) is 0 Å². The molecule has 2 aliphatic heterocycles. The van der Waals surface area contributed by atoms with Crippen LogP contribution in [0.15, 0.2) is 0 Å². The number of likely N-dealkylation sites (tertiary alicyclic amines) is 1. The Hall–Kier alpha value is -0.120. The molecule has 1 atom stereocenters. The molecule has 1 N–H and O–H groups in total. The first-order valence-corrected chi connectivity index (χ1v) is 4.67. The van der Waals surface area contributed by atoms with Crippen LogP contribution < -0.4 is 0 Å². The number of likely N-dealkylation sites (N-methyl/N-ethyl adjacent to an activating group) is 1. The lowest BCUT2D eigenvalue weighted by atomic mass is 9.67. The Bertz CT molecular complexity index is 160. The van der Waals surface area contributed by atoms with Gasteiger partial charge in [-0.2, -0.15) is 0 Å². The van der Waals surface area contributed by atoms with Crippen LogP contribution in [0.25, 0.3) is 0 Å². The Morgan fingerprint density at radius 1 is 1.50 bits per heavy atom. The summed E-state index contributed by atoms with van der Waals surface area (Å²) in [5.41, 5.74) is 0.391. The lowest BCUT2D eigenvalue weighted by Crippen LogP contribution is -2.66. The number of aliphatic hydroxyl groups excluding tert-OH is 1. The van der Waals surface area contributed by atoms with Crippen LogP contribution in [0.3, 0.4) is 0 Å². The summed E-state index contributed by atoms with van der Waals surface area (Å²) < 4.78 is 5.33. The third-order valence-corrected chi connectivity index (χ3v) is 3.46. The van der Waals surface area contributed by atoms with E-state index in [1.165, 1.54) is 0 Å². The zero-order valence-corrected chi connectivity index (χ0v) is 7.62. The third kappa shape index (κ3) is 1.08. The van der Waals surface area contributed by atoms with Gasteiger partial charge in [-0.25, -0.2) is 0 Å². The fourth-order valence-corrected chi connectivity index (χ4v) is 2.67. The van der Waals surface area contributed by atoms with Crippen molar-refractivity contribution in [1.82, 2.24) is 4.90 Å². The molecule has 0 aliphatic carbocycles. The molecule has 2 fully saturated rings. The van der Waals surface area contributed by atoms with Crippen LogP contribution in [-0.4, -0.2) is 49.5 Å². The van der Waals surface area contributed by atoms with E-state index in [1.54, 1.807) is 0 Å². The second-order valence-electron chi connectivity index (χ2n) is 4.09. The van der Waals surface area contributed by atoms with Gasteiger partial charge in [0.05, 0.1) is 6.61 Å². The van der Waals surface area contributed by atoms with Gasteiger partial charge < -0.3 is 9.84 Å². The molecule has 2 aliphatic rings. The van der Waals surface area contributed by atoms with Gasteiger partial charge in [-0.3, -0.25) is 4.90 Å². The highest BCUT2D eigenvalue weighted by Crippen LogP contribution is 2.44. The zero-order valence-electron chi connectivity index (χ0n) is 7.62. The van der Waals surface area contributed by atoms with Crippen LogP contribution in [0.2, 0.25) is 0 Å². The molecular formula is C9H17NO2. The highest BCUT2D eigenvalue weighted by Gasteiger charge is 2.50. The summed E-state index contributed by atoms with van der Waals surface area (Å²) in [6.07, 6.45) is 2.26. The number of hydrogen-bond donors (Lipinski definition) is 1. The Morgan fingerprint density at radius 2 is 2.17 bits per heavy atom. The van der Waals surface area contributed by atoms with Gasteiger partial charge in [-0.15, -0.1) is 0 Å². The van der Waals surface area contributed by atoms with Crippen molar-refractivity contribution >= 4 is 0 Å².